The van der Waals surface area contributed by atoms with Crippen LogP contribution in [0.4, 0.5) is 0 Å². The number of aromatic nitrogens is 2. The van der Waals surface area contributed by atoms with Gasteiger partial charge in [0.1, 0.15) is 0 Å². The molecule has 0 amide bonds. The van der Waals surface area contributed by atoms with Crippen molar-refractivity contribution in [2.45, 2.75) is 26.7 Å². The van der Waals surface area contributed by atoms with Gasteiger partial charge >= 0.3 is 0 Å². The Labute approximate surface area is 115 Å². The Morgan fingerprint density at radius 2 is 1.89 bits per heavy atom. The van der Waals surface area contributed by atoms with Crippen LogP contribution >= 0.6 is 15.9 Å². The quantitative estimate of drug-likeness (QED) is 0.809. The van der Waals surface area contributed by atoms with Crippen LogP contribution in [0.5, 0.6) is 0 Å². The summed E-state index contributed by atoms with van der Waals surface area (Å²) in [7, 11) is 0. The molecule has 1 aromatic heterocycles. The summed E-state index contributed by atoms with van der Waals surface area (Å²) in [6.45, 7) is 4.06. The van der Waals surface area contributed by atoms with Crippen LogP contribution in [0, 0.1) is 0 Å². The van der Waals surface area contributed by atoms with Gasteiger partial charge in [0.05, 0.1) is 22.6 Å². The summed E-state index contributed by atoms with van der Waals surface area (Å²) in [5.41, 5.74) is 3.56. The van der Waals surface area contributed by atoms with E-state index >= 15 is 0 Å². The van der Waals surface area contributed by atoms with Crippen LogP contribution in [0.2, 0.25) is 0 Å². The van der Waals surface area contributed by atoms with Crippen LogP contribution in [-0.4, -0.2) is 16.1 Å². The first-order valence-electron chi connectivity index (χ1n) is 6.03. The maximum Gasteiger partial charge on any atom is 0.153 e. The number of hydrogen-bond acceptors (Lipinski definition) is 2. The average Bonchev–Trinajstić information content (AvgIpc) is 2.77. The van der Waals surface area contributed by atoms with Crippen molar-refractivity contribution >= 4 is 22.2 Å². The maximum absolute atomic E-state index is 11.2. The molecule has 18 heavy (non-hydrogen) atoms. The second-order valence-electron chi connectivity index (χ2n) is 4.02. The predicted molar refractivity (Wildman–Crippen MR) is 75.4 cm³/mol. The lowest BCUT2D eigenvalue weighted by molar-refractivity contribution is 0.112. The smallest absolute Gasteiger partial charge is 0.153 e. The molecule has 0 radical (unpaired) electrons. The highest BCUT2D eigenvalue weighted by Crippen LogP contribution is 2.20. The van der Waals surface area contributed by atoms with E-state index in [1.165, 1.54) is 0 Å². The second kappa shape index (κ2) is 5.48. The lowest BCUT2D eigenvalue weighted by Crippen LogP contribution is -2.02. The summed E-state index contributed by atoms with van der Waals surface area (Å²) in [5, 5.41) is 4.54. The summed E-state index contributed by atoms with van der Waals surface area (Å²) < 4.78 is 2.90. The van der Waals surface area contributed by atoms with Gasteiger partial charge in [0.2, 0.25) is 0 Å². The lowest BCUT2D eigenvalue weighted by atomic mass is 10.1. The largest absolute Gasteiger partial charge is 0.298 e. The summed E-state index contributed by atoms with van der Waals surface area (Å²) in [4.78, 5) is 11.2. The SMILES string of the molecule is CCc1nn(-c2ccc(Br)cc2)c(CC)c1C=O. The van der Waals surface area contributed by atoms with Crippen molar-refractivity contribution in [1.29, 1.82) is 0 Å². The first-order chi connectivity index (χ1) is 8.71. The van der Waals surface area contributed by atoms with Crippen LogP contribution in [0.1, 0.15) is 35.6 Å². The number of carbonyl (C=O) groups excluding carboxylic acids is 1. The fraction of sp³-hybridized carbons (Fsp3) is 0.286. The maximum atomic E-state index is 11.2. The summed E-state index contributed by atoms with van der Waals surface area (Å²) in [5.74, 6) is 0. The molecule has 4 heteroatoms. The van der Waals surface area contributed by atoms with E-state index in [1.807, 2.05) is 42.8 Å². The Kier molecular flexibility index (Phi) is 3.97. The predicted octanol–water partition coefficient (Wildman–Crippen LogP) is 3.57. The third-order valence-electron chi connectivity index (χ3n) is 2.96. The van der Waals surface area contributed by atoms with Gasteiger partial charge < -0.3 is 0 Å². The van der Waals surface area contributed by atoms with Crippen molar-refractivity contribution in [3.05, 3.63) is 45.7 Å². The monoisotopic (exact) mass is 306 g/mol. The van der Waals surface area contributed by atoms with Gasteiger partial charge in [-0.2, -0.15) is 5.10 Å². The van der Waals surface area contributed by atoms with Crippen molar-refractivity contribution in [1.82, 2.24) is 9.78 Å². The zero-order valence-electron chi connectivity index (χ0n) is 10.5. The molecule has 0 atom stereocenters. The minimum Gasteiger partial charge on any atom is -0.298 e. The van der Waals surface area contributed by atoms with E-state index in [2.05, 4.69) is 21.0 Å². The number of halogens is 1. The Hall–Kier alpha value is -1.42. The molecule has 3 nitrogen and oxygen atoms in total. The van der Waals surface area contributed by atoms with Crippen molar-refractivity contribution in [2.75, 3.05) is 0 Å². The van der Waals surface area contributed by atoms with Crippen molar-refractivity contribution in [2.24, 2.45) is 0 Å². The molecule has 0 unspecified atom stereocenters. The number of nitrogens with zero attached hydrogens (tertiary/aromatic N) is 2. The molecule has 0 bridgehead atoms. The molecule has 0 spiro atoms. The van der Waals surface area contributed by atoms with Crippen LogP contribution in [0.3, 0.4) is 0 Å². The van der Waals surface area contributed by atoms with E-state index < -0.39 is 0 Å². The highest BCUT2D eigenvalue weighted by molar-refractivity contribution is 9.10. The highest BCUT2D eigenvalue weighted by Gasteiger charge is 2.15. The third-order valence-corrected chi connectivity index (χ3v) is 3.49. The molecule has 2 aromatic rings. The number of rotatable bonds is 4. The molecule has 2 rings (SSSR count). The molecule has 1 heterocycles. The number of hydrogen-bond donors (Lipinski definition) is 0. The first kappa shape index (κ1) is 13.0. The molecular weight excluding hydrogens is 292 g/mol. The number of aryl methyl sites for hydroxylation is 1. The second-order valence-corrected chi connectivity index (χ2v) is 4.94. The molecule has 0 fully saturated rings. The van der Waals surface area contributed by atoms with Crippen molar-refractivity contribution in [3.8, 4) is 5.69 Å². The molecular formula is C14H15BrN2O. The zero-order valence-corrected chi connectivity index (χ0v) is 12.1. The molecule has 0 aliphatic carbocycles. The molecule has 0 N–H and O–H groups in total. The van der Waals surface area contributed by atoms with Gasteiger partial charge in [-0.25, -0.2) is 4.68 Å². The fourth-order valence-corrected chi connectivity index (χ4v) is 2.31. The van der Waals surface area contributed by atoms with Crippen LogP contribution in [0.25, 0.3) is 5.69 Å². The minimum absolute atomic E-state index is 0.739. The van der Waals surface area contributed by atoms with Gasteiger partial charge in [-0.3, -0.25) is 4.79 Å². The molecule has 94 valence electrons. The van der Waals surface area contributed by atoms with Gasteiger partial charge in [-0.15, -0.1) is 0 Å². The average molecular weight is 307 g/mol. The van der Waals surface area contributed by atoms with Gasteiger partial charge in [-0.05, 0) is 37.1 Å². The van der Waals surface area contributed by atoms with Crippen LogP contribution in [-0.2, 0) is 12.8 Å². The first-order valence-corrected chi connectivity index (χ1v) is 6.82. The molecule has 0 aliphatic heterocycles. The number of aldehydes is 1. The Bertz CT molecular complexity index is 558. The van der Waals surface area contributed by atoms with E-state index in [9.17, 15) is 4.79 Å². The topological polar surface area (TPSA) is 34.9 Å². The zero-order chi connectivity index (χ0) is 13.1. The van der Waals surface area contributed by atoms with Gasteiger partial charge in [0.25, 0.3) is 0 Å². The van der Waals surface area contributed by atoms with Gasteiger partial charge in [0.15, 0.2) is 6.29 Å². The van der Waals surface area contributed by atoms with E-state index in [-0.39, 0.29) is 0 Å². The van der Waals surface area contributed by atoms with Crippen LogP contribution < -0.4 is 0 Å². The molecule has 0 saturated heterocycles. The van der Waals surface area contributed by atoms with Crippen molar-refractivity contribution < 1.29 is 4.79 Å². The summed E-state index contributed by atoms with van der Waals surface area (Å²) in [6, 6.07) is 7.93. The number of benzene rings is 1. The highest BCUT2D eigenvalue weighted by atomic mass is 79.9. The third kappa shape index (κ3) is 2.25. The standard InChI is InChI=1S/C14H15BrN2O/c1-3-13-12(9-18)14(4-2)17(16-13)11-7-5-10(15)6-8-11/h5-9H,3-4H2,1-2H3. The Morgan fingerprint density at radius 1 is 1.22 bits per heavy atom. The Balaban J connectivity index is 2.59. The molecule has 0 aliphatic rings. The normalized spacial score (nSPS) is 10.6. The number of carbonyl (C=O) groups is 1. The van der Waals surface area contributed by atoms with E-state index in [4.69, 9.17) is 0 Å². The van der Waals surface area contributed by atoms with E-state index in [0.717, 1.165) is 46.2 Å². The summed E-state index contributed by atoms with van der Waals surface area (Å²) in [6.07, 6.45) is 2.47. The van der Waals surface area contributed by atoms with E-state index in [1.54, 1.807) is 0 Å². The fourth-order valence-electron chi connectivity index (χ4n) is 2.05. The molecule has 1 aromatic carbocycles. The van der Waals surface area contributed by atoms with E-state index in [0.29, 0.717) is 0 Å². The van der Waals surface area contributed by atoms with Gasteiger partial charge in [0, 0.05) is 4.47 Å². The summed E-state index contributed by atoms with van der Waals surface area (Å²) >= 11 is 3.41. The van der Waals surface area contributed by atoms with Gasteiger partial charge in [-0.1, -0.05) is 29.8 Å². The Morgan fingerprint density at radius 3 is 2.39 bits per heavy atom. The lowest BCUT2D eigenvalue weighted by Gasteiger charge is -2.06. The minimum atomic E-state index is 0.739. The molecule has 0 saturated carbocycles. The van der Waals surface area contributed by atoms with Crippen LogP contribution in [0.15, 0.2) is 28.7 Å². The van der Waals surface area contributed by atoms with Crippen molar-refractivity contribution in [3.63, 3.8) is 0 Å².